The van der Waals surface area contributed by atoms with Crippen molar-refractivity contribution >= 4 is 31.0 Å². The number of anilines is 4. The number of fused-ring (bicyclic) bond motifs is 10. The van der Waals surface area contributed by atoms with E-state index >= 15 is 0 Å². The molecule has 4 aliphatic heterocycles. The maximum absolute atomic E-state index is 2.71. The molecule has 0 amide bonds. The van der Waals surface area contributed by atoms with E-state index in [1.807, 2.05) is 0 Å². The first-order chi connectivity index (χ1) is 22.6. The van der Waals surface area contributed by atoms with E-state index in [9.17, 15) is 0 Å². The van der Waals surface area contributed by atoms with Gasteiger partial charge in [0.1, 0.15) is 0 Å². The van der Waals surface area contributed by atoms with Crippen LogP contribution in [0.15, 0.2) is 121 Å². The molecule has 238 valence electrons. The Bertz CT molecular complexity index is 2170. The summed E-state index contributed by atoms with van der Waals surface area (Å²) in [6.45, 7) is 15.2. The second kappa shape index (κ2) is 9.87. The molecule has 0 atom stereocenters. The Morgan fingerprint density at radius 1 is 0.489 bits per heavy atom. The number of nitrogens with zero attached hydrogens (tertiary/aromatic N) is 4. The van der Waals surface area contributed by atoms with Gasteiger partial charge in [0.15, 0.2) is 0 Å². The number of hydrogen-bond donors (Lipinski definition) is 0. The molecule has 4 nitrogen and oxygen atoms in total. The minimum absolute atomic E-state index is 0.171. The molecular weight excluding hydrogens is 756 g/mol. The molecule has 0 aromatic heterocycles. The molecule has 5 heteroatoms. The van der Waals surface area contributed by atoms with Crippen molar-refractivity contribution in [2.45, 2.75) is 58.0 Å². The van der Waals surface area contributed by atoms with Crippen LogP contribution in [-0.2, 0) is 34.1 Å². The standard InChI is InChI=1S/C42H40N4.Pt/c1-40(2)31-17-12-19-33(25-31)41(3,4)45-28-43(36-22-10-11-23-37(36)45)27-44-29-46(42(5,6)34-20-13-18-32(40)26-34)38-24-14-21-35(39(38)44)30-15-8-7-9-16-30;/h7-26H,27H2,1-6H3;. The molecule has 0 unspecified atom stereocenters. The van der Waals surface area contributed by atoms with Crippen molar-refractivity contribution < 1.29 is 17.6 Å². The van der Waals surface area contributed by atoms with Gasteiger partial charge < -0.3 is 0 Å². The number of rotatable bonds is 1. The third kappa shape index (κ3) is 3.97. The molecule has 4 heterocycles. The van der Waals surface area contributed by atoms with Gasteiger partial charge in [0.05, 0.1) is 0 Å². The summed E-state index contributed by atoms with van der Waals surface area (Å²) in [5.41, 5.74) is 12.4. The summed E-state index contributed by atoms with van der Waals surface area (Å²) in [4.78, 5) is 10.7. The van der Waals surface area contributed by atoms with E-state index in [2.05, 4.69) is 182 Å². The first-order valence-corrected chi connectivity index (χ1v) is 18.8. The summed E-state index contributed by atoms with van der Waals surface area (Å²) in [6, 6.07) is 45.7. The monoisotopic (exact) mass is 795 g/mol. The van der Waals surface area contributed by atoms with Crippen molar-refractivity contribution in [1.82, 2.24) is 0 Å². The van der Waals surface area contributed by atoms with Crippen LogP contribution in [0.3, 0.4) is 0 Å². The third-order valence-electron chi connectivity index (χ3n) is 10.9. The second-order valence-electron chi connectivity index (χ2n) is 14.7. The van der Waals surface area contributed by atoms with Gasteiger partial charge in [-0.25, -0.2) is 0 Å². The van der Waals surface area contributed by atoms with Crippen LogP contribution in [-0.4, -0.2) is 15.0 Å². The molecule has 0 aliphatic carbocycles. The van der Waals surface area contributed by atoms with Gasteiger partial charge in [0, 0.05) is 0 Å². The molecule has 0 saturated carbocycles. The molecule has 5 aromatic rings. The SMILES string of the molecule is CC1(C)c2cccc(c2)C(C)(C)N2[C]3=[Pt]=[C]4N(CN3c3ccccc32)c2c(-c3ccccc3)cccc2N4C(C)(C)c2cccc1c2. The zero-order valence-corrected chi connectivity index (χ0v) is 30.1. The fourth-order valence-electron chi connectivity index (χ4n) is 7.98. The molecule has 0 N–H and O–H groups in total. The molecule has 47 heavy (non-hydrogen) atoms. The Balaban J connectivity index is 1.41. The number of benzene rings is 5. The maximum atomic E-state index is 2.71. The van der Waals surface area contributed by atoms with Crippen LogP contribution in [0.1, 0.15) is 63.8 Å². The third-order valence-corrected chi connectivity index (χ3v) is 14.2. The Kier molecular flexibility index (Phi) is 6.07. The molecule has 0 saturated heterocycles. The van der Waals surface area contributed by atoms with E-state index in [0.29, 0.717) is 0 Å². The molecule has 0 fully saturated rings. The first kappa shape index (κ1) is 28.9. The summed E-state index contributed by atoms with van der Waals surface area (Å²) in [7, 11) is 0. The Morgan fingerprint density at radius 2 is 1.00 bits per heavy atom. The van der Waals surface area contributed by atoms with Gasteiger partial charge in [-0.3, -0.25) is 0 Å². The van der Waals surface area contributed by atoms with Gasteiger partial charge in [0.25, 0.3) is 0 Å². The first-order valence-electron chi connectivity index (χ1n) is 16.6. The van der Waals surface area contributed by atoms with Crippen LogP contribution in [0.2, 0.25) is 0 Å². The van der Waals surface area contributed by atoms with E-state index in [1.54, 1.807) is 0 Å². The normalized spacial score (nSPS) is 19.5. The van der Waals surface area contributed by atoms with E-state index in [1.165, 1.54) is 64.4 Å². The molecule has 4 aliphatic rings. The van der Waals surface area contributed by atoms with Crippen LogP contribution in [0.4, 0.5) is 22.7 Å². The summed E-state index contributed by atoms with van der Waals surface area (Å²) < 4.78 is 2.90. The summed E-state index contributed by atoms with van der Waals surface area (Å²) in [5, 5.41) is 0. The van der Waals surface area contributed by atoms with Crippen LogP contribution in [0, 0.1) is 0 Å². The molecule has 9 rings (SSSR count). The minimum atomic E-state index is -0.638. The quantitative estimate of drug-likeness (QED) is 0.168. The van der Waals surface area contributed by atoms with Crippen molar-refractivity contribution in [3.05, 3.63) is 144 Å². The van der Waals surface area contributed by atoms with Crippen molar-refractivity contribution in [1.29, 1.82) is 0 Å². The van der Waals surface area contributed by atoms with Crippen molar-refractivity contribution in [3.63, 3.8) is 0 Å². The molecule has 0 radical (unpaired) electrons. The van der Waals surface area contributed by atoms with Gasteiger partial charge in [-0.15, -0.1) is 0 Å². The Labute approximate surface area is 286 Å². The zero-order valence-electron chi connectivity index (χ0n) is 27.9. The number of para-hydroxylation sites is 3. The van der Waals surface area contributed by atoms with Crippen molar-refractivity contribution in [2.75, 3.05) is 26.3 Å². The Hall–Kier alpha value is -4.27. The van der Waals surface area contributed by atoms with Crippen molar-refractivity contribution in [3.8, 4) is 11.1 Å². The molecular formula is C42H40N4Pt. The summed E-state index contributed by atoms with van der Waals surface area (Å²) in [6.07, 6.45) is 0. The van der Waals surface area contributed by atoms with E-state index in [-0.39, 0.29) is 16.5 Å². The topological polar surface area (TPSA) is 13.0 Å². The number of hydrogen-bond acceptors (Lipinski definition) is 4. The Morgan fingerprint density at radius 3 is 1.66 bits per heavy atom. The fourth-order valence-corrected chi connectivity index (χ4v) is 12.2. The fraction of sp³-hybridized carbons (Fsp3) is 0.238. The molecule has 6 bridgehead atoms. The van der Waals surface area contributed by atoms with Gasteiger partial charge in [-0.1, -0.05) is 0 Å². The van der Waals surface area contributed by atoms with Crippen LogP contribution in [0.5, 0.6) is 0 Å². The van der Waals surface area contributed by atoms with Crippen LogP contribution < -0.4 is 19.6 Å². The van der Waals surface area contributed by atoms with Gasteiger partial charge >= 0.3 is 288 Å². The predicted molar refractivity (Wildman–Crippen MR) is 194 cm³/mol. The second-order valence-corrected chi connectivity index (χ2v) is 17.3. The van der Waals surface area contributed by atoms with Crippen LogP contribution in [0.25, 0.3) is 11.1 Å². The van der Waals surface area contributed by atoms with E-state index < -0.39 is 17.6 Å². The summed E-state index contributed by atoms with van der Waals surface area (Å²) in [5.74, 6) is 0. The van der Waals surface area contributed by atoms with E-state index in [4.69, 9.17) is 0 Å². The van der Waals surface area contributed by atoms with Gasteiger partial charge in [-0.2, -0.15) is 0 Å². The van der Waals surface area contributed by atoms with Crippen molar-refractivity contribution in [2.24, 2.45) is 0 Å². The zero-order chi connectivity index (χ0) is 32.3. The average Bonchev–Trinajstić information content (AvgIpc) is 3.60. The predicted octanol–water partition coefficient (Wildman–Crippen LogP) is 9.04. The van der Waals surface area contributed by atoms with Gasteiger partial charge in [0.2, 0.25) is 0 Å². The van der Waals surface area contributed by atoms with Gasteiger partial charge in [-0.05, 0) is 0 Å². The average molecular weight is 796 g/mol. The summed E-state index contributed by atoms with van der Waals surface area (Å²) >= 11 is -0.638. The molecule has 0 spiro atoms. The molecule has 5 aromatic carbocycles. The van der Waals surface area contributed by atoms with Crippen LogP contribution >= 0.6 is 0 Å². The van der Waals surface area contributed by atoms with E-state index in [0.717, 1.165) is 6.67 Å².